The van der Waals surface area contributed by atoms with Crippen molar-refractivity contribution in [1.82, 2.24) is 5.32 Å². The number of hydrogen-bond donors (Lipinski definition) is 1. The maximum atomic E-state index is 13.1. The van der Waals surface area contributed by atoms with Crippen molar-refractivity contribution in [2.24, 2.45) is 0 Å². The molecule has 1 aliphatic rings. The molecule has 1 saturated heterocycles. The Morgan fingerprint density at radius 3 is 2.78 bits per heavy atom. The first kappa shape index (κ1) is 15.7. The lowest BCUT2D eigenvalue weighted by Gasteiger charge is -2.24. The number of furan rings is 1. The van der Waals surface area contributed by atoms with Gasteiger partial charge in [-0.25, -0.2) is 4.39 Å². The lowest BCUT2D eigenvalue weighted by atomic mass is 9.99. The van der Waals surface area contributed by atoms with E-state index in [1.54, 1.807) is 24.5 Å². The van der Waals surface area contributed by atoms with Gasteiger partial charge in [-0.3, -0.25) is 4.79 Å². The van der Waals surface area contributed by atoms with Gasteiger partial charge in [0.15, 0.2) is 0 Å². The van der Waals surface area contributed by atoms with Crippen molar-refractivity contribution >= 4 is 5.91 Å². The first-order valence-electron chi connectivity index (χ1n) is 7.91. The molecule has 3 rings (SSSR count). The minimum absolute atomic E-state index is 0.0620. The van der Waals surface area contributed by atoms with Crippen LogP contribution in [0.4, 0.5) is 4.39 Å². The van der Waals surface area contributed by atoms with Crippen LogP contribution in [0.15, 0.2) is 47.1 Å². The van der Waals surface area contributed by atoms with Gasteiger partial charge >= 0.3 is 0 Å². The van der Waals surface area contributed by atoms with E-state index < -0.39 is 0 Å². The van der Waals surface area contributed by atoms with Crippen molar-refractivity contribution < 1.29 is 18.3 Å². The Labute approximate surface area is 134 Å². The van der Waals surface area contributed by atoms with Gasteiger partial charge in [-0.2, -0.15) is 0 Å². The number of carbonyl (C=O) groups excluding carboxylic acids is 1. The van der Waals surface area contributed by atoms with Crippen molar-refractivity contribution in [1.29, 1.82) is 0 Å². The standard InChI is InChI=1S/C18H20FNO3/c19-14-7-5-13(6-8-14)18(16-4-2-12-23-16)20-17(21)10-9-15-3-1-11-22-15/h1,3,5-8,11,16,18H,2,4,9-10,12H2,(H,20,21)/t16-,18-/m1/s1. The van der Waals surface area contributed by atoms with Gasteiger partial charge in [0.1, 0.15) is 11.6 Å². The molecule has 2 heterocycles. The number of ether oxygens (including phenoxy) is 1. The Hall–Kier alpha value is -2.14. The van der Waals surface area contributed by atoms with Gasteiger partial charge in [0, 0.05) is 19.4 Å². The highest BCUT2D eigenvalue weighted by Gasteiger charge is 2.28. The van der Waals surface area contributed by atoms with Gasteiger partial charge in [-0.15, -0.1) is 0 Å². The van der Waals surface area contributed by atoms with Crippen LogP contribution in [0.2, 0.25) is 0 Å². The summed E-state index contributed by atoms with van der Waals surface area (Å²) >= 11 is 0. The molecule has 2 atom stereocenters. The molecule has 0 unspecified atom stereocenters. The third-order valence-electron chi connectivity index (χ3n) is 4.06. The van der Waals surface area contributed by atoms with Crippen molar-refractivity contribution in [3.63, 3.8) is 0 Å². The van der Waals surface area contributed by atoms with E-state index >= 15 is 0 Å². The first-order valence-corrected chi connectivity index (χ1v) is 7.91. The van der Waals surface area contributed by atoms with Gasteiger partial charge in [-0.1, -0.05) is 12.1 Å². The summed E-state index contributed by atoms with van der Waals surface area (Å²) in [6.07, 6.45) is 4.30. The van der Waals surface area contributed by atoms with Crippen LogP contribution in [0.1, 0.15) is 36.6 Å². The summed E-state index contributed by atoms with van der Waals surface area (Å²) in [5, 5.41) is 3.03. The second-order valence-electron chi connectivity index (χ2n) is 5.73. The quantitative estimate of drug-likeness (QED) is 0.888. The average Bonchev–Trinajstić information content (AvgIpc) is 3.25. The van der Waals surface area contributed by atoms with Crippen LogP contribution >= 0.6 is 0 Å². The molecular weight excluding hydrogens is 297 g/mol. The van der Waals surface area contributed by atoms with E-state index in [1.807, 2.05) is 6.07 Å². The summed E-state index contributed by atoms with van der Waals surface area (Å²) in [6.45, 7) is 0.699. The Bertz CT molecular complexity index is 618. The number of hydrogen-bond acceptors (Lipinski definition) is 3. The molecule has 1 aromatic carbocycles. The topological polar surface area (TPSA) is 51.5 Å². The molecule has 0 aliphatic carbocycles. The van der Waals surface area contributed by atoms with E-state index in [2.05, 4.69) is 5.32 Å². The lowest BCUT2D eigenvalue weighted by Crippen LogP contribution is -2.36. The number of nitrogens with one attached hydrogen (secondary N) is 1. The van der Waals surface area contributed by atoms with E-state index in [1.165, 1.54) is 12.1 Å². The van der Waals surface area contributed by atoms with Crippen LogP contribution in [0, 0.1) is 5.82 Å². The van der Waals surface area contributed by atoms with Crippen LogP contribution in [0.25, 0.3) is 0 Å². The van der Waals surface area contributed by atoms with E-state index in [0.29, 0.717) is 19.4 Å². The second kappa shape index (κ2) is 7.42. The predicted octanol–water partition coefficient (Wildman–Crippen LogP) is 3.39. The second-order valence-corrected chi connectivity index (χ2v) is 5.73. The molecule has 2 aromatic rings. The smallest absolute Gasteiger partial charge is 0.221 e. The summed E-state index contributed by atoms with van der Waals surface area (Å²) in [7, 11) is 0. The molecule has 0 radical (unpaired) electrons. The number of rotatable bonds is 6. The normalized spacial score (nSPS) is 18.7. The molecule has 0 spiro atoms. The van der Waals surface area contributed by atoms with E-state index in [0.717, 1.165) is 24.2 Å². The molecule has 4 nitrogen and oxygen atoms in total. The molecule has 1 N–H and O–H groups in total. The molecule has 1 fully saturated rings. The van der Waals surface area contributed by atoms with Gasteiger partial charge in [0.2, 0.25) is 5.91 Å². The van der Waals surface area contributed by atoms with Crippen LogP contribution in [-0.2, 0) is 16.0 Å². The van der Waals surface area contributed by atoms with Crippen LogP contribution < -0.4 is 5.32 Å². The Balaban J connectivity index is 1.65. The largest absolute Gasteiger partial charge is 0.469 e. The van der Waals surface area contributed by atoms with Crippen molar-refractivity contribution in [3.8, 4) is 0 Å². The summed E-state index contributed by atoms with van der Waals surface area (Å²) in [5.74, 6) is 0.436. The van der Waals surface area contributed by atoms with Crippen molar-refractivity contribution in [2.45, 2.75) is 37.8 Å². The monoisotopic (exact) mass is 317 g/mol. The number of amides is 1. The zero-order valence-electron chi connectivity index (χ0n) is 12.8. The molecule has 0 saturated carbocycles. The van der Waals surface area contributed by atoms with Gasteiger partial charge in [0.25, 0.3) is 0 Å². The summed E-state index contributed by atoms with van der Waals surface area (Å²) < 4.78 is 24.1. The molecule has 122 valence electrons. The first-order chi connectivity index (χ1) is 11.2. The fourth-order valence-corrected chi connectivity index (χ4v) is 2.86. The Morgan fingerprint density at radius 2 is 2.13 bits per heavy atom. The molecular formula is C18H20FNO3. The van der Waals surface area contributed by atoms with Crippen LogP contribution in [0.5, 0.6) is 0 Å². The van der Waals surface area contributed by atoms with Gasteiger partial charge < -0.3 is 14.5 Å². The predicted molar refractivity (Wildman–Crippen MR) is 83.3 cm³/mol. The number of benzene rings is 1. The zero-order chi connectivity index (χ0) is 16.1. The third-order valence-corrected chi connectivity index (χ3v) is 4.06. The van der Waals surface area contributed by atoms with Gasteiger partial charge in [-0.05, 0) is 42.7 Å². The van der Waals surface area contributed by atoms with Crippen LogP contribution in [-0.4, -0.2) is 18.6 Å². The minimum atomic E-state index is -0.288. The SMILES string of the molecule is O=C(CCc1ccco1)N[C@H](c1ccc(F)cc1)[C@H]1CCCO1. The number of halogens is 1. The van der Waals surface area contributed by atoms with Crippen LogP contribution in [0.3, 0.4) is 0 Å². The highest BCUT2D eigenvalue weighted by atomic mass is 19.1. The van der Waals surface area contributed by atoms with Crippen molar-refractivity contribution in [2.75, 3.05) is 6.61 Å². The van der Waals surface area contributed by atoms with Crippen molar-refractivity contribution in [3.05, 3.63) is 59.8 Å². The number of carbonyl (C=O) groups is 1. The van der Waals surface area contributed by atoms with E-state index in [9.17, 15) is 9.18 Å². The summed E-state index contributed by atoms with van der Waals surface area (Å²) in [4.78, 5) is 12.3. The highest BCUT2D eigenvalue weighted by Crippen LogP contribution is 2.27. The number of aryl methyl sites for hydroxylation is 1. The average molecular weight is 317 g/mol. The molecule has 23 heavy (non-hydrogen) atoms. The van der Waals surface area contributed by atoms with E-state index in [4.69, 9.17) is 9.15 Å². The maximum absolute atomic E-state index is 13.1. The van der Waals surface area contributed by atoms with E-state index in [-0.39, 0.29) is 23.9 Å². The summed E-state index contributed by atoms with van der Waals surface area (Å²) in [6, 6.07) is 9.63. The molecule has 0 bridgehead atoms. The Kier molecular flexibility index (Phi) is 5.08. The minimum Gasteiger partial charge on any atom is -0.469 e. The zero-order valence-corrected chi connectivity index (χ0v) is 12.8. The third kappa shape index (κ3) is 4.20. The highest BCUT2D eigenvalue weighted by molar-refractivity contribution is 5.76. The Morgan fingerprint density at radius 1 is 1.30 bits per heavy atom. The maximum Gasteiger partial charge on any atom is 0.221 e. The summed E-state index contributed by atoms with van der Waals surface area (Å²) in [5.41, 5.74) is 0.865. The lowest BCUT2D eigenvalue weighted by molar-refractivity contribution is -0.122. The molecule has 1 aliphatic heterocycles. The van der Waals surface area contributed by atoms with Gasteiger partial charge in [0.05, 0.1) is 18.4 Å². The fourth-order valence-electron chi connectivity index (χ4n) is 2.86. The fraction of sp³-hybridized carbons (Fsp3) is 0.389. The molecule has 1 aromatic heterocycles. The molecule has 1 amide bonds. The molecule has 5 heteroatoms.